The predicted octanol–water partition coefficient (Wildman–Crippen LogP) is 3.76. The molecule has 2 rings (SSSR count). The molecule has 2 N–H and O–H groups in total. The predicted molar refractivity (Wildman–Crippen MR) is 84.1 cm³/mol. The molecule has 0 atom stereocenters. The van der Waals surface area contributed by atoms with Crippen molar-refractivity contribution in [3.8, 4) is 11.5 Å². The number of halogens is 1. The Labute approximate surface area is 127 Å². The van der Waals surface area contributed by atoms with Crippen LogP contribution in [0.25, 0.3) is 0 Å². The third-order valence-corrected chi connectivity index (χ3v) is 3.46. The van der Waals surface area contributed by atoms with E-state index in [1.54, 1.807) is 12.1 Å². The average Bonchev–Trinajstić information content (AvgIpc) is 2.40. The van der Waals surface area contributed by atoms with Crippen LogP contribution in [-0.4, -0.2) is 12.2 Å². The normalized spacial score (nSPS) is 10.6. The Hall–Kier alpha value is -1.52. The summed E-state index contributed by atoms with van der Waals surface area (Å²) in [6.07, 6.45) is 0. The molecule has 0 spiro atoms. The monoisotopic (exact) mass is 335 g/mol. The van der Waals surface area contributed by atoms with E-state index >= 15 is 0 Å². The minimum Gasteiger partial charge on any atom is -0.508 e. The minimum absolute atomic E-state index is 0.268. The van der Waals surface area contributed by atoms with Crippen molar-refractivity contribution in [1.29, 1.82) is 0 Å². The van der Waals surface area contributed by atoms with Gasteiger partial charge in [-0.05, 0) is 49.4 Å². The number of nitrogens with one attached hydrogen (secondary N) is 1. The Kier molecular flexibility index (Phi) is 5.04. The molecule has 0 saturated heterocycles. The van der Waals surface area contributed by atoms with Gasteiger partial charge in [-0.25, -0.2) is 0 Å². The standard InChI is InChI=1S/C16H18BrNO2/c1-11-7-14(17)8-13(9-18-2)16(11)20-10-12-3-5-15(19)6-4-12/h3-8,18-19H,9-10H2,1-2H3. The number of phenolic OH excluding ortho intramolecular Hbond substituents is 1. The number of hydrogen-bond acceptors (Lipinski definition) is 3. The smallest absolute Gasteiger partial charge is 0.127 e. The molecule has 0 aromatic heterocycles. The molecule has 3 nitrogen and oxygen atoms in total. The number of aromatic hydroxyl groups is 1. The van der Waals surface area contributed by atoms with Gasteiger partial charge in [0.25, 0.3) is 0 Å². The lowest BCUT2D eigenvalue weighted by Gasteiger charge is -2.15. The van der Waals surface area contributed by atoms with Gasteiger partial charge in [0, 0.05) is 16.6 Å². The number of aryl methyl sites for hydroxylation is 1. The lowest BCUT2D eigenvalue weighted by Crippen LogP contribution is -2.08. The van der Waals surface area contributed by atoms with E-state index in [-0.39, 0.29) is 5.75 Å². The van der Waals surface area contributed by atoms with Crippen LogP contribution in [0, 0.1) is 6.92 Å². The van der Waals surface area contributed by atoms with Gasteiger partial charge in [-0.1, -0.05) is 28.1 Å². The van der Waals surface area contributed by atoms with Crippen molar-refractivity contribution in [3.05, 3.63) is 57.6 Å². The molecule has 0 saturated carbocycles. The molecule has 0 amide bonds. The molecule has 0 fully saturated rings. The summed E-state index contributed by atoms with van der Waals surface area (Å²) in [5, 5.41) is 12.4. The molecule has 0 aliphatic heterocycles. The van der Waals surface area contributed by atoms with Gasteiger partial charge < -0.3 is 15.2 Å². The molecule has 0 unspecified atom stereocenters. The Morgan fingerprint density at radius 3 is 2.55 bits per heavy atom. The van der Waals surface area contributed by atoms with Crippen molar-refractivity contribution < 1.29 is 9.84 Å². The van der Waals surface area contributed by atoms with Crippen molar-refractivity contribution in [2.24, 2.45) is 0 Å². The van der Waals surface area contributed by atoms with Gasteiger partial charge in [-0.2, -0.15) is 0 Å². The van der Waals surface area contributed by atoms with E-state index in [2.05, 4.69) is 27.3 Å². The van der Waals surface area contributed by atoms with Crippen molar-refractivity contribution in [3.63, 3.8) is 0 Å². The summed E-state index contributed by atoms with van der Waals surface area (Å²) >= 11 is 3.51. The van der Waals surface area contributed by atoms with Crippen molar-refractivity contribution in [2.75, 3.05) is 7.05 Å². The molecule has 0 heterocycles. The highest BCUT2D eigenvalue weighted by atomic mass is 79.9. The Bertz CT molecular complexity index is 582. The van der Waals surface area contributed by atoms with Crippen LogP contribution in [0.3, 0.4) is 0 Å². The van der Waals surface area contributed by atoms with E-state index in [0.717, 1.165) is 33.5 Å². The summed E-state index contributed by atoms with van der Waals surface area (Å²) in [4.78, 5) is 0. The average molecular weight is 336 g/mol. The van der Waals surface area contributed by atoms with Crippen LogP contribution in [0.5, 0.6) is 11.5 Å². The van der Waals surface area contributed by atoms with E-state index in [1.807, 2.05) is 32.2 Å². The van der Waals surface area contributed by atoms with Gasteiger partial charge >= 0.3 is 0 Å². The fraction of sp³-hybridized carbons (Fsp3) is 0.250. The minimum atomic E-state index is 0.268. The largest absolute Gasteiger partial charge is 0.508 e. The van der Waals surface area contributed by atoms with Gasteiger partial charge in [0.1, 0.15) is 18.1 Å². The fourth-order valence-electron chi connectivity index (χ4n) is 2.08. The van der Waals surface area contributed by atoms with E-state index in [0.29, 0.717) is 6.61 Å². The Morgan fingerprint density at radius 1 is 1.20 bits per heavy atom. The molecule has 20 heavy (non-hydrogen) atoms. The zero-order chi connectivity index (χ0) is 14.5. The highest BCUT2D eigenvalue weighted by molar-refractivity contribution is 9.10. The third kappa shape index (κ3) is 3.74. The zero-order valence-corrected chi connectivity index (χ0v) is 13.2. The molecule has 0 aliphatic carbocycles. The summed E-state index contributed by atoms with van der Waals surface area (Å²) in [6.45, 7) is 3.28. The summed E-state index contributed by atoms with van der Waals surface area (Å²) in [7, 11) is 1.92. The molecular weight excluding hydrogens is 318 g/mol. The first kappa shape index (κ1) is 14.9. The van der Waals surface area contributed by atoms with Crippen molar-refractivity contribution in [2.45, 2.75) is 20.1 Å². The summed E-state index contributed by atoms with van der Waals surface area (Å²) in [5.74, 6) is 1.18. The van der Waals surface area contributed by atoms with Crippen molar-refractivity contribution >= 4 is 15.9 Å². The molecule has 0 aliphatic rings. The zero-order valence-electron chi connectivity index (χ0n) is 11.6. The van der Waals surface area contributed by atoms with Gasteiger partial charge in [-0.3, -0.25) is 0 Å². The summed E-state index contributed by atoms with van der Waals surface area (Å²) < 4.78 is 7.01. The van der Waals surface area contributed by atoms with E-state index in [4.69, 9.17) is 4.74 Å². The number of benzene rings is 2. The molecule has 106 valence electrons. The second-order valence-electron chi connectivity index (χ2n) is 4.70. The van der Waals surface area contributed by atoms with E-state index in [1.165, 1.54) is 0 Å². The van der Waals surface area contributed by atoms with Crippen LogP contribution < -0.4 is 10.1 Å². The van der Waals surface area contributed by atoms with Crippen LogP contribution >= 0.6 is 15.9 Å². The molecule has 4 heteroatoms. The maximum atomic E-state index is 9.28. The molecule has 0 radical (unpaired) electrons. The molecular formula is C16H18BrNO2. The second kappa shape index (κ2) is 6.77. The van der Waals surface area contributed by atoms with Gasteiger partial charge in [0.2, 0.25) is 0 Å². The van der Waals surface area contributed by atoms with Crippen LogP contribution in [0.15, 0.2) is 40.9 Å². The number of rotatable bonds is 5. The highest BCUT2D eigenvalue weighted by Gasteiger charge is 2.09. The molecule has 0 bridgehead atoms. The van der Waals surface area contributed by atoms with Crippen molar-refractivity contribution in [1.82, 2.24) is 5.32 Å². The second-order valence-corrected chi connectivity index (χ2v) is 5.61. The van der Waals surface area contributed by atoms with Gasteiger partial charge in [0.15, 0.2) is 0 Å². The SMILES string of the molecule is CNCc1cc(Br)cc(C)c1OCc1ccc(O)cc1. The fourth-order valence-corrected chi connectivity index (χ4v) is 2.69. The first-order valence-electron chi connectivity index (χ1n) is 6.44. The summed E-state index contributed by atoms with van der Waals surface area (Å²) in [6, 6.07) is 11.2. The maximum Gasteiger partial charge on any atom is 0.127 e. The first-order valence-corrected chi connectivity index (χ1v) is 7.24. The van der Waals surface area contributed by atoms with Crippen LogP contribution in [-0.2, 0) is 13.2 Å². The lowest BCUT2D eigenvalue weighted by molar-refractivity contribution is 0.300. The maximum absolute atomic E-state index is 9.28. The topological polar surface area (TPSA) is 41.5 Å². The summed E-state index contributed by atoms with van der Waals surface area (Å²) in [5.41, 5.74) is 3.25. The van der Waals surface area contributed by atoms with Gasteiger partial charge in [0.05, 0.1) is 0 Å². The number of phenols is 1. The van der Waals surface area contributed by atoms with Crippen LogP contribution in [0.2, 0.25) is 0 Å². The first-order chi connectivity index (χ1) is 9.60. The Balaban J connectivity index is 2.17. The van der Waals surface area contributed by atoms with Gasteiger partial charge in [-0.15, -0.1) is 0 Å². The lowest BCUT2D eigenvalue weighted by atomic mass is 10.1. The molecule has 2 aromatic rings. The number of hydrogen-bond donors (Lipinski definition) is 2. The quantitative estimate of drug-likeness (QED) is 0.874. The van der Waals surface area contributed by atoms with E-state index in [9.17, 15) is 5.11 Å². The molecule has 2 aromatic carbocycles. The Morgan fingerprint density at radius 2 is 1.90 bits per heavy atom. The van der Waals surface area contributed by atoms with E-state index < -0.39 is 0 Å². The third-order valence-electron chi connectivity index (χ3n) is 3.00. The highest BCUT2D eigenvalue weighted by Crippen LogP contribution is 2.29. The van der Waals surface area contributed by atoms with Crippen LogP contribution in [0.1, 0.15) is 16.7 Å². The van der Waals surface area contributed by atoms with Crippen LogP contribution in [0.4, 0.5) is 0 Å². The number of ether oxygens (including phenoxy) is 1.